The first-order chi connectivity index (χ1) is 15.2. The van der Waals surface area contributed by atoms with Gasteiger partial charge in [0, 0.05) is 27.5 Å². The van der Waals surface area contributed by atoms with Crippen molar-refractivity contribution in [2.45, 2.75) is 23.8 Å². The normalized spacial score (nSPS) is 15.4. The first-order valence-electron chi connectivity index (χ1n) is 9.60. The lowest BCUT2D eigenvalue weighted by Crippen LogP contribution is -2.19. The molecule has 156 valence electrons. The Morgan fingerprint density at radius 3 is 2.81 bits per heavy atom. The van der Waals surface area contributed by atoms with Crippen molar-refractivity contribution in [3.63, 3.8) is 0 Å². The standard InChI is InChI=1S/C23H17ClFN3O2S/c24-18-7-4-8-20(11-18)28-14-26-27-23(28)31-13-17-10-19(25)9-16-12-29-22(30-21(16)17)15-5-2-1-3-6-15/h1-11,14,22H,12-13H2. The van der Waals surface area contributed by atoms with E-state index in [1.54, 1.807) is 6.33 Å². The Morgan fingerprint density at radius 2 is 1.97 bits per heavy atom. The Kier molecular flexibility index (Phi) is 5.63. The highest BCUT2D eigenvalue weighted by Gasteiger charge is 2.25. The minimum Gasteiger partial charge on any atom is -0.460 e. The maximum Gasteiger partial charge on any atom is 0.227 e. The van der Waals surface area contributed by atoms with Crippen LogP contribution >= 0.6 is 23.4 Å². The maximum atomic E-state index is 14.3. The molecular weight excluding hydrogens is 437 g/mol. The molecule has 0 radical (unpaired) electrons. The highest BCUT2D eigenvalue weighted by molar-refractivity contribution is 7.98. The summed E-state index contributed by atoms with van der Waals surface area (Å²) in [5.41, 5.74) is 3.20. The van der Waals surface area contributed by atoms with Gasteiger partial charge in [-0.2, -0.15) is 0 Å². The Hall–Kier alpha value is -2.87. The van der Waals surface area contributed by atoms with Gasteiger partial charge in [0.25, 0.3) is 0 Å². The van der Waals surface area contributed by atoms with E-state index in [1.807, 2.05) is 59.2 Å². The van der Waals surface area contributed by atoms with Crippen molar-refractivity contribution < 1.29 is 13.9 Å². The van der Waals surface area contributed by atoms with Crippen LogP contribution in [0.25, 0.3) is 5.69 Å². The molecule has 0 saturated carbocycles. The monoisotopic (exact) mass is 453 g/mol. The molecule has 2 heterocycles. The molecule has 0 fully saturated rings. The van der Waals surface area contributed by atoms with Gasteiger partial charge < -0.3 is 9.47 Å². The van der Waals surface area contributed by atoms with Crippen LogP contribution in [0.3, 0.4) is 0 Å². The minimum absolute atomic E-state index is 0.281. The molecule has 0 aliphatic carbocycles. The van der Waals surface area contributed by atoms with Crippen molar-refractivity contribution in [2.75, 3.05) is 0 Å². The number of hydrogen-bond acceptors (Lipinski definition) is 5. The summed E-state index contributed by atoms with van der Waals surface area (Å²) in [5, 5.41) is 9.53. The molecule has 5 rings (SSSR count). The highest BCUT2D eigenvalue weighted by atomic mass is 35.5. The first-order valence-corrected chi connectivity index (χ1v) is 11.0. The lowest BCUT2D eigenvalue weighted by atomic mass is 10.1. The van der Waals surface area contributed by atoms with Crippen molar-refractivity contribution in [1.29, 1.82) is 0 Å². The van der Waals surface area contributed by atoms with Gasteiger partial charge in [0.2, 0.25) is 6.29 Å². The topological polar surface area (TPSA) is 49.2 Å². The lowest BCUT2D eigenvalue weighted by molar-refractivity contribution is -0.112. The molecule has 0 amide bonds. The van der Waals surface area contributed by atoms with Crippen LogP contribution < -0.4 is 4.74 Å². The van der Waals surface area contributed by atoms with E-state index in [1.165, 1.54) is 23.9 Å². The largest absolute Gasteiger partial charge is 0.460 e. The number of halogens is 2. The molecule has 0 bridgehead atoms. The summed E-state index contributed by atoms with van der Waals surface area (Å²) in [5.74, 6) is 0.791. The van der Waals surface area contributed by atoms with Crippen LogP contribution in [0.15, 0.2) is 78.2 Å². The predicted octanol–water partition coefficient (Wildman–Crippen LogP) is 5.96. The average Bonchev–Trinajstić information content (AvgIpc) is 3.26. The fourth-order valence-electron chi connectivity index (χ4n) is 3.43. The van der Waals surface area contributed by atoms with Crippen molar-refractivity contribution in [1.82, 2.24) is 14.8 Å². The van der Waals surface area contributed by atoms with Gasteiger partial charge in [-0.3, -0.25) is 4.57 Å². The molecule has 0 N–H and O–H groups in total. The zero-order chi connectivity index (χ0) is 21.2. The number of hydrogen-bond donors (Lipinski definition) is 0. The van der Waals surface area contributed by atoms with E-state index in [4.69, 9.17) is 21.1 Å². The zero-order valence-corrected chi connectivity index (χ0v) is 17.8. The third-order valence-electron chi connectivity index (χ3n) is 4.85. The average molecular weight is 454 g/mol. The van der Waals surface area contributed by atoms with Crippen LogP contribution in [-0.4, -0.2) is 14.8 Å². The molecular formula is C23H17ClFN3O2S. The number of thioether (sulfide) groups is 1. The number of rotatable bonds is 5. The third kappa shape index (κ3) is 4.30. The Bertz CT molecular complexity index is 1220. The van der Waals surface area contributed by atoms with Gasteiger partial charge in [-0.25, -0.2) is 4.39 Å². The fourth-order valence-corrected chi connectivity index (χ4v) is 4.51. The zero-order valence-electron chi connectivity index (χ0n) is 16.2. The number of ether oxygens (including phenoxy) is 2. The second-order valence-corrected chi connectivity index (χ2v) is 8.36. The second kappa shape index (κ2) is 8.70. The van der Waals surface area contributed by atoms with Gasteiger partial charge in [0.1, 0.15) is 17.9 Å². The summed E-state index contributed by atoms with van der Waals surface area (Å²) in [4.78, 5) is 0. The van der Waals surface area contributed by atoms with Crippen LogP contribution in [0.2, 0.25) is 5.02 Å². The van der Waals surface area contributed by atoms with Crippen molar-refractivity contribution in [2.24, 2.45) is 0 Å². The molecule has 8 heteroatoms. The molecule has 31 heavy (non-hydrogen) atoms. The maximum absolute atomic E-state index is 14.3. The van der Waals surface area contributed by atoms with Gasteiger partial charge in [0.05, 0.1) is 12.3 Å². The quantitative estimate of drug-likeness (QED) is 0.349. The van der Waals surface area contributed by atoms with Crippen LogP contribution in [0.4, 0.5) is 4.39 Å². The molecule has 1 atom stereocenters. The SMILES string of the molecule is Fc1cc2c(c(CSc3nncn3-c3cccc(Cl)c3)c1)OC(c1ccccc1)OC2. The second-order valence-electron chi connectivity index (χ2n) is 6.98. The molecule has 1 aliphatic rings. The third-order valence-corrected chi connectivity index (χ3v) is 6.08. The van der Waals surface area contributed by atoms with Gasteiger partial charge in [-0.15, -0.1) is 10.2 Å². The van der Waals surface area contributed by atoms with E-state index >= 15 is 0 Å². The Balaban J connectivity index is 1.40. The fraction of sp³-hybridized carbons (Fsp3) is 0.130. The molecule has 0 saturated heterocycles. The predicted molar refractivity (Wildman–Crippen MR) is 117 cm³/mol. The van der Waals surface area contributed by atoms with Gasteiger partial charge >= 0.3 is 0 Å². The summed E-state index contributed by atoms with van der Waals surface area (Å²) in [6.07, 6.45) is 1.10. The molecule has 1 aliphatic heterocycles. The van der Waals surface area contributed by atoms with Crippen LogP contribution in [0.1, 0.15) is 23.0 Å². The van der Waals surface area contributed by atoms with E-state index in [0.29, 0.717) is 27.2 Å². The minimum atomic E-state index is -0.530. The van der Waals surface area contributed by atoms with E-state index in [-0.39, 0.29) is 12.4 Å². The van der Waals surface area contributed by atoms with Crippen molar-refractivity contribution in [3.05, 3.63) is 101 Å². The summed E-state index contributed by atoms with van der Waals surface area (Å²) in [6.45, 7) is 0.281. The molecule has 1 unspecified atom stereocenters. The first kappa shape index (κ1) is 20.1. The molecule has 4 aromatic rings. The summed E-state index contributed by atoms with van der Waals surface area (Å²) in [7, 11) is 0. The van der Waals surface area contributed by atoms with E-state index in [2.05, 4.69) is 10.2 Å². The number of nitrogens with zero attached hydrogens (tertiary/aromatic N) is 3. The smallest absolute Gasteiger partial charge is 0.227 e. The molecule has 1 aromatic heterocycles. The van der Waals surface area contributed by atoms with E-state index in [0.717, 1.165) is 16.8 Å². The van der Waals surface area contributed by atoms with Crippen LogP contribution in [-0.2, 0) is 17.1 Å². The molecule has 0 spiro atoms. The highest BCUT2D eigenvalue weighted by Crippen LogP contribution is 2.39. The van der Waals surface area contributed by atoms with Gasteiger partial charge in [-0.05, 0) is 30.3 Å². The number of aromatic nitrogens is 3. The van der Waals surface area contributed by atoms with E-state index < -0.39 is 6.29 Å². The Labute approximate surface area is 187 Å². The molecule has 5 nitrogen and oxygen atoms in total. The number of benzene rings is 3. The van der Waals surface area contributed by atoms with Gasteiger partial charge in [0.15, 0.2) is 5.16 Å². The van der Waals surface area contributed by atoms with Crippen molar-refractivity contribution >= 4 is 23.4 Å². The summed E-state index contributed by atoms with van der Waals surface area (Å²) < 4.78 is 28.1. The summed E-state index contributed by atoms with van der Waals surface area (Å²) >= 11 is 7.56. The molecule has 3 aromatic carbocycles. The number of fused-ring (bicyclic) bond motifs is 1. The van der Waals surface area contributed by atoms with Crippen molar-refractivity contribution in [3.8, 4) is 11.4 Å². The van der Waals surface area contributed by atoms with Crippen LogP contribution in [0, 0.1) is 5.82 Å². The van der Waals surface area contributed by atoms with Crippen LogP contribution in [0.5, 0.6) is 5.75 Å². The Morgan fingerprint density at radius 1 is 1.10 bits per heavy atom. The van der Waals surface area contributed by atoms with Gasteiger partial charge in [-0.1, -0.05) is 59.8 Å². The lowest BCUT2D eigenvalue weighted by Gasteiger charge is -2.28. The summed E-state index contributed by atoms with van der Waals surface area (Å²) in [6, 6.07) is 20.1. The van der Waals surface area contributed by atoms with E-state index in [9.17, 15) is 4.39 Å².